The van der Waals surface area contributed by atoms with Gasteiger partial charge in [0.15, 0.2) is 0 Å². The minimum atomic E-state index is -0.186. The molecule has 1 heterocycles. The van der Waals surface area contributed by atoms with Crippen molar-refractivity contribution < 1.29 is 9.90 Å². The number of piperidine rings is 1. The second kappa shape index (κ2) is 7.88. The molecule has 1 aliphatic heterocycles. The molecule has 5 heteroatoms. The molecule has 0 spiro atoms. The summed E-state index contributed by atoms with van der Waals surface area (Å²) in [5.41, 5.74) is 1.23. The zero-order valence-electron chi connectivity index (χ0n) is 14.5. The summed E-state index contributed by atoms with van der Waals surface area (Å²) in [4.78, 5) is 16.8. The highest BCUT2D eigenvalue weighted by Crippen LogP contribution is 2.22. The molecular weight excluding hydrogens is 302 g/mol. The van der Waals surface area contributed by atoms with Crippen LogP contribution in [0, 0.1) is 0 Å². The van der Waals surface area contributed by atoms with Gasteiger partial charge in [-0.1, -0.05) is 18.2 Å². The van der Waals surface area contributed by atoms with Crippen molar-refractivity contribution in [3.8, 4) is 0 Å². The molecule has 0 unspecified atom stereocenters. The van der Waals surface area contributed by atoms with E-state index in [1.807, 2.05) is 18.0 Å². The lowest BCUT2D eigenvalue weighted by Gasteiger charge is -2.39. The molecule has 3 rings (SSSR count). The first-order valence-corrected chi connectivity index (χ1v) is 9.15. The van der Waals surface area contributed by atoms with Crippen molar-refractivity contribution in [2.24, 2.45) is 0 Å². The van der Waals surface area contributed by atoms with E-state index in [4.69, 9.17) is 0 Å². The zero-order chi connectivity index (χ0) is 16.9. The van der Waals surface area contributed by atoms with E-state index in [1.165, 1.54) is 5.69 Å². The predicted molar refractivity (Wildman–Crippen MR) is 96.2 cm³/mol. The number of anilines is 1. The summed E-state index contributed by atoms with van der Waals surface area (Å²) in [6, 6.07) is 10.9. The largest absolute Gasteiger partial charge is 0.393 e. The normalized spacial score (nSPS) is 27.6. The van der Waals surface area contributed by atoms with E-state index in [0.29, 0.717) is 0 Å². The fourth-order valence-corrected chi connectivity index (χ4v) is 3.81. The van der Waals surface area contributed by atoms with Crippen molar-refractivity contribution in [1.29, 1.82) is 0 Å². The summed E-state index contributed by atoms with van der Waals surface area (Å²) in [7, 11) is 1.91. The van der Waals surface area contributed by atoms with Crippen LogP contribution < -0.4 is 10.2 Å². The number of aliphatic hydroxyl groups excluding tert-OH is 1. The van der Waals surface area contributed by atoms with Gasteiger partial charge in [0.1, 0.15) is 0 Å². The van der Waals surface area contributed by atoms with Gasteiger partial charge in [-0.3, -0.25) is 0 Å². The van der Waals surface area contributed by atoms with Crippen LogP contribution in [0.15, 0.2) is 30.3 Å². The average Bonchev–Trinajstić information content (AvgIpc) is 2.64. The van der Waals surface area contributed by atoms with Crippen LogP contribution in [0.3, 0.4) is 0 Å². The Morgan fingerprint density at radius 1 is 1.17 bits per heavy atom. The molecule has 132 valence electrons. The molecular formula is C19H29N3O2. The maximum Gasteiger partial charge on any atom is 0.317 e. The van der Waals surface area contributed by atoms with Crippen molar-refractivity contribution in [3.05, 3.63) is 30.3 Å². The highest BCUT2D eigenvalue weighted by molar-refractivity contribution is 5.74. The predicted octanol–water partition coefficient (Wildman–Crippen LogP) is 2.60. The zero-order valence-corrected chi connectivity index (χ0v) is 14.5. The number of amides is 2. The minimum absolute atomic E-state index is 0.0244. The number of benzene rings is 1. The Labute approximate surface area is 144 Å². The molecule has 5 nitrogen and oxygen atoms in total. The summed E-state index contributed by atoms with van der Waals surface area (Å²) in [6.07, 6.45) is 5.31. The number of carbonyl (C=O) groups excluding carboxylic acids is 1. The SMILES string of the molecule is CN(C(=O)NC1CCC(O)CC1)[C@H]1CCCN(c2ccccc2)C1. The maximum absolute atomic E-state index is 12.6. The van der Waals surface area contributed by atoms with Crippen molar-refractivity contribution in [3.63, 3.8) is 0 Å². The first-order chi connectivity index (χ1) is 11.6. The van der Waals surface area contributed by atoms with Gasteiger partial charge in [0, 0.05) is 31.9 Å². The average molecular weight is 331 g/mol. The van der Waals surface area contributed by atoms with Gasteiger partial charge in [-0.15, -0.1) is 0 Å². The molecule has 24 heavy (non-hydrogen) atoms. The van der Waals surface area contributed by atoms with Crippen molar-refractivity contribution in [2.45, 2.75) is 56.7 Å². The maximum atomic E-state index is 12.6. The van der Waals surface area contributed by atoms with Crippen molar-refractivity contribution >= 4 is 11.7 Å². The van der Waals surface area contributed by atoms with Crippen LogP contribution in [0.25, 0.3) is 0 Å². The van der Waals surface area contributed by atoms with Crippen LogP contribution in [0.4, 0.5) is 10.5 Å². The number of rotatable bonds is 3. The summed E-state index contributed by atoms with van der Waals surface area (Å²) in [6.45, 7) is 1.94. The number of hydrogen-bond acceptors (Lipinski definition) is 3. The second-order valence-electron chi connectivity index (χ2n) is 7.14. The number of nitrogens with one attached hydrogen (secondary N) is 1. The first kappa shape index (κ1) is 17.1. The first-order valence-electron chi connectivity index (χ1n) is 9.15. The van der Waals surface area contributed by atoms with Crippen LogP contribution in [-0.4, -0.2) is 54.4 Å². The van der Waals surface area contributed by atoms with E-state index in [2.05, 4.69) is 34.5 Å². The second-order valence-corrected chi connectivity index (χ2v) is 7.14. The van der Waals surface area contributed by atoms with Gasteiger partial charge in [-0.05, 0) is 50.7 Å². The lowest BCUT2D eigenvalue weighted by molar-refractivity contribution is 0.114. The minimum Gasteiger partial charge on any atom is -0.393 e. The third-order valence-corrected chi connectivity index (χ3v) is 5.41. The highest BCUT2D eigenvalue weighted by atomic mass is 16.3. The Hall–Kier alpha value is -1.75. The van der Waals surface area contributed by atoms with Gasteiger partial charge >= 0.3 is 6.03 Å². The Balaban J connectivity index is 1.54. The topological polar surface area (TPSA) is 55.8 Å². The van der Waals surface area contributed by atoms with Crippen LogP contribution in [-0.2, 0) is 0 Å². The van der Waals surface area contributed by atoms with Crippen molar-refractivity contribution in [1.82, 2.24) is 10.2 Å². The summed E-state index contributed by atoms with van der Waals surface area (Å²) in [5.74, 6) is 0. The lowest BCUT2D eigenvalue weighted by Crippen LogP contribution is -2.53. The van der Waals surface area contributed by atoms with E-state index in [1.54, 1.807) is 0 Å². The van der Waals surface area contributed by atoms with E-state index >= 15 is 0 Å². The quantitative estimate of drug-likeness (QED) is 0.895. The van der Waals surface area contributed by atoms with Crippen LogP contribution in [0.1, 0.15) is 38.5 Å². The fourth-order valence-electron chi connectivity index (χ4n) is 3.81. The van der Waals surface area contributed by atoms with Crippen LogP contribution in [0.2, 0.25) is 0 Å². The van der Waals surface area contributed by atoms with Crippen LogP contribution >= 0.6 is 0 Å². The van der Waals surface area contributed by atoms with Crippen molar-refractivity contribution in [2.75, 3.05) is 25.0 Å². The van der Waals surface area contributed by atoms with E-state index in [0.717, 1.165) is 51.6 Å². The van der Waals surface area contributed by atoms with Crippen LogP contribution in [0.5, 0.6) is 0 Å². The Morgan fingerprint density at radius 3 is 2.58 bits per heavy atom. The van der Waals surface area contributed by atoms with Gasteiger partial charge in [0.05, 0.1) is 12.1 Å². The van der Waals surface area contributed by atoms with E-state index in [9.17, 15) is 9.90 Å². The third-order valence-electron chi connectivity index (χ3n) is 5.41. The molecule has 1 saturated heterocycles. The number of likely N-dealkylation sites (N-methyl/N-ethyl adjacent to an activating group) is 1. The van der Waals surface area contributed by atoms with E-state index in [-0.39, 0.29) is 24.2 Å². The molecule has 2 fully saturated rings. The summed E-state index contributed by atoms with van der Waals surface area (Å²) in [5, 5.41) is 12.7. The van der Waals surface area contributed by atoms with Gasteiger partial charge in [-0.25, -0.2) is 4.79 Å². The summed E-state index contributed by atoms with van der Waals surface area (Å²) >= 11 is 0. The molecule has 0 radical (unpaired) electrons. The molecule has 0 aromatic heterocycles. The molecule has 1 atom stereocenters. The molecule has 1 aromatic carbocycles. The van der Waals surface area contributed by atoms with Gasteiger partial charge in [-0.2, -0.15) is 0 Å². The van der Waals surface area contributed by atoms with Gasteiger partial charge in [0.2, 0.25) is 0 Å². The third kappa shape index (κ3) is 4.20. The molecule has 0 bridgehead atoms. The fraction of sp³-hybridized carbons (Fsp3) is 0.632. The Morgan fingerprint density at radius 2 is 1.88 bits per heavy atom. The number of carbonyl (C=O) groups is 1. The molecule has 2 N–H and O–H groups in total. The number of urea groups is 1. The molecule has 2 amide bonds. The number of para-hydroxylation sites is 1. The van der Waals surface area contributed by atoms with E-state index < -0.39 is 0 Å². The number of aliphatic hydroxyl groups is 1. The molecule has 1 saturated carbocycles. The highest BCUT2D eigenvalue weighted by Gasteiger charge is 2.28. The Bertz CT molecular complexity index is 529. The smallest absolute Gasteiger partial charge is 0.317 e. The molecule has 2 aliphatic rings. The lowest BCUT2D eigenvalue weighted by atomic mass is 9.93. The standard InChI is InChI=1S/C19H29N3O2/c1-21(19(24)20-15-9-11-18(23)12-10-15)17-8-5-13-22(14-17)16-6-3-2-4-7-16/h2-4,6-7,15,17-18,23H,5,8-14H2,1H3,(H,20,24)/t15?,17-,18?/m0/s1. The number of nitrogens with zero attached hydrogens (tertiary/aromatic N) is 2. The summed E-state index contributed by atoms with van der Waals surface area (Å²) < 4.78 is 0. The molecule has 1 aromatic rings. The molecule has 1 aliphatic carbocycles. The monoisotopic (exact) mass is 331 g/mol. The van der Waals surface area contributed by atoms with Gasteiger partial charge in [0.25, 0.3) is 0 Å². The van der Waals surface area contributed by atoms with Gasteiger partial charge < -0.3 is 20.2 Å². The number of hydrogen-bond donors (Lipinski definition) is 2. The Kier molecular flexibility index (Phi) is 5.61.